The van der Waals surface area contributed by atoms with Crippen LogP contribution in [0.1, 0.15) is 40.0 Å². The lowest BCUT2D eigenvalue weighted by atomic mass is 10.1. The quantitative estimate of drug-likeness (QED) is 0.882. The van der Waals surface area contributed by atoms with Crippen LogP contribution in [0, 0.1) is 13.8 Å². The van der Waals surface area contributed by atoms with Gasteiger partial charge in [-0.1, -0.05) is 5.16 Å². The molecule has 1 N–H and O–H groups in total. The number of nitrogens with one attached hydrogen (secondary N) is 1. The Bertz CT molecular complexity index is 536. The summed E-state index contributed by atoms with van der Waals surface area (Å²) in [6, 6.07) is 2.50. The summed E-state index contributed by atoms with van der Waals surface area (Å²) in [5, 5.41) is 7.31. The van der Waals surface area contributed by atoms with Gasteiger partial charge in [0.1, 0.15) is 6.61 Å². The summed E-state index contributed by atoms with van der Waals surface area (Å²) in [5.74, 6) is 1.16. The third kappa shape index (κ3) is 3.62. The average molecular weight is 281 g/mol. The number of thiophene rings is 1. The van der Waals surface area contributed by atoms with E-state index in [0.717, 1.165) is 0 Å². The highest BCUT2D eigenvalue weighted by Crippen LogP contribution is 2.26. The van der Waals surface area contributed by atoms with Gasteiger partial charge >= 0.3 is 0 Å². The molecule has 0 radical (unpaired) electrons. The summed E-state index contributed by atoms with van der Waals surface area (Å²) in [6.07, 6.45) is 0. The molecule has 2 aromatic rings. The fourth-order valence-corrected chi connectivity index (χ4v) is 3.00. The van der Waals surface area contributed by atoms with Crippen LogP contribution in [0.3, 0.4) is 0 Å². The molecule has 104 valence electrons. The van der Waals surface area contributed by atoms with E-state index in [2.05, 4.69) is 42.3 Å². The van der Waals surface area contributed by atoms with Crippen molar-refractivity contribution in [3.05, 3.63) is 33.1 Å². The van der Waals surface area contributed by atoms with Crippen LogP contribution in [-0.2, 0) is 17.9 Å². The van der Waals surface area contributed by atoms with Gasteiger partial charge in [0.15, 0.2) is 5.82 Å². The van der Waals surface area contributed by atoms with Crippen molar-refractivity contribution in [2.75, 3.05) is 7.11 Å². The molecule has 5 nitrogen and oxygen atoms in total. The van der Waals surface area contributed by atoms with Crippen LogP contribution in [0.25, 0.3) is 0 Å². The first kappa shape index (κ1) is 14.2. The van der Waals surface area contributed by atoms with Crippen molar-refractivity contribution in [1.29, 1.82) is 0 Å². The van der Waals surface area contributed by atoms with Crippen molar-refractivity contribution in [2.45, 2.75) is 40.0 Å². The fraction of sp³-hybridized carbons (Fsp3) is 0.538. The van der Waals surface area contributed by atoms with Gasteiger partial charge in [0.25, 0.3) is 5.89 Å². The summed E-state index contributed by atoms with van der Waals surface area (Å²) in [6.45, 7) is 7.36. The Morgan fingerprint density at radius 3 is 2.89 bits per heavy atom. The van der Waals surface area contributed by atoms with Crippen LogP contribution in [0.15, 0.2) is 10.6 Å². The lowest BCUT2D eigenvalue weighted by Crippen LogP contribution is -2.19. The lowest BCUT2D eigenvalue weighted by Gasteiger charge is -2.11. The first-order valence-electron chi connectivity index (χ1n) is 6.21. The van der Waals surface area contributed by atoms with Crippen molar-refractivity contribution in [1.82, 2.24) is 15.5 Å². The molecular formula is C13H19N3O2S. The van der Waals surface area contributed by atoms with Gasteiger partial charge in [0, 0.05) is 22.9 Å². The maximum atomic E-state index is 5.05. The topological polar surface area (TPSA) is 60.2 Å². The second-order valence-electron chi connectivity index (χ2n) is 4.51. The van der Waals surface area contributed by atoms with Crippen molar-refractivity contribution in [3.63, 3.8) is 0 Å². The van der Waals surface area contributed by atoms with E-state index in [1.165, 1.54) is 15.3 Å². The maximum absolute atomic E-state index is 5.05. The molecule has 6 heteroatoms. The highest BCUT2D eigenvalue weighted by Gasteiger charge is 2.12. The predicted molar refractivity (Wildman–Crippen MR) is 74.1 cm³/mol. The molecule has 0 saturated carbocycles. The standard InChI is InChI=1S/C13H19N3O2S/c1-8-5-11(10(3)19-8)9(2)14-6-12-15-13(7-17-4)18-16-12/h5,9,14H,6-7H2,1-4H3. The second kappa shape index (κ2) is 6.27. The van der Waals surface area contributed by atoms with Gasteiger partial charge in [-0.2, -0.15) is 4.98 Å². The highest BCUT2D eigenvalue weighted by molar-refractivity contribution is 7.12. The molecule has 2 rings (SSSR count). The molecule has 0 spiro atoms. The normalized spacial score (nSPS) is 12.8. The predicted octanol–water partition coefficient (Wildman–Crippen LogP) is 2.75. The number of hydrogen-bond donors (Lipinski definition) is 1. The monoisotopic (exact) mass is 281 g/mol. The van der Waals surface area contributed by atoms with Crippen molar-refractivity contribution in [3.8, 4) is 0 Å². The Balaban J connectivity index is 1.92. The minimum Gasteiger partial charge on any atom is -0.375 e. The molecule has 0 amide bonds. The van der Waals surface area contributed by atoms with Crippen molar-refractivity contribution in [2.24, 2.45) is 0 Å². The van der Waals surface area contributed by atoms with Crippen LogP contribution < -0.4 is 5.32 Å². The molecule has 2 heterocycles. The number of ether oxygens (including phenoxy) is 1. The van der Waals surface area contributed by atoms with Gasteiger partial charge in [-0.3, -0.25) is 0 Å². The molecule has 0 aromatic carbocycles. The van der Waals surface area contributed by atoms with Gasteiger partial charge in [-0.15, -0.1) is 11.3 Å². The number of rotatable bonds is 6. The molecule has 0 fully saturated rings. The Kier molecular flexibility index (Phi) is 4.68. The number of nitrogens with zero attached hydrogens (tertiary/aromatic N) is 2. The largest absolute Gasteiger partial charge is 0.375 e. The zero-order chi connectivity index (χ0) is 13.8. The van der Waals surface area contributed by atoms with E-state index in [1.54, 1.807) is 7.11 Å². The third-order valence-electron chi connectivity index (χ3n) is 2.89. The molecular weight excluding hydrogens is 262 g/mol. The minimum absolute atomic E-state index is 0.273. The van der Waals surface area contributed by atoms with Crippen LogP contribution >= 0.6 is 11.3 Å². The summed E-state index contributed by atoms with van der Waals surface area (Å²) >= 11 is 1.82. The molecule has 0 saturated heterocycles. The minimum atomic E-state index is 0.273. The summed E-state index contributed by atoms with van der Waals surface area (Å²) in [4.78, 5) is 6.92. The molecule has 0 bridgehead atoms. The Morgan fingerprint density at radius 2 is 2.26 bits per heavy atom. The SMILES string of the molecule is COCc1nc(CNC(C)c2cc(C)sc2C)no1. The van der Waals surface area contributed by atoms with E-state index in [-0.39, 0.29) is 6.04 Å². The van der Waals surface area contributed by atoms with E-state index in [9.17, 15) is 0 Å². The lowest BCUT2D eigenvalue weighted by molar-refractivity contribution is 0.151. The van der Waals surface area contributed by atoms with E-state index in [4.69, 9.17) is 9.26 Å². The van der Waals surface area contributed by atoms with Gasteiger partial charge in [-0.05, 0) is 32.4 Å². The second-order valence-corrected chi connectivity index (χ2v) is 5.97. The molecule has 1 unspecified atom stereocenters. The zero-order valence-electron chi connectivity index (χ0n) is 11.7. The Morgan fingerprint density at radius 1 is 1.47 bits per heavy atom. The molecule has 1 atom stereocenters. The van der Waals surface area contributed by atoms with Gasteiger partial charge in [-0.25, -0.2) is 0 Å². The molecule has 0 aliphatic heterocycles. The smallest absolute Gasteiger partial charge is 0.252 e. The fourth-order valence-electron chi connectivity index (χ4n) is 1.98. The van der Waals surface area contributed by atoms with Crippen molar-refractivity contribution < 1.29 is 9.26 Å². The highest BCUT2D eigenvalue weighted by atomic mass is 32.1. The molecule has 2 aromatic heterocycles. The van der Waals surface area contributed by atoms with Crippen LogP contribution in [0.2, 0.25) is 0 Å². The summed E-state index contributed by atoms with van der Waals surface area (Å²) in [5.41, 5.74) is 1.34. The van der Waals surface area contributed by atoms with Crippen LogP contribution in [-0.4, -0.2) is 17.3 Å². The van der Waals surface area contributed by atoms with Crippen molar-refractivity contribution >= 4 is 11.3 Å². The third-order valence-corrected chi connectivity index (χ3v) is 3.87. The van der Waals surface area contributed by atoms with E-state index >= 15 is 0 Å². The van der Waals surface area contributed by atoms with Gasteiger partial charge in [0.2, 0.25) is 0 Å². The van der Waals surface area contributed by atoms with Gasteiger partial charge in [0.05, 0.1) is 6.54 Å². The van der Waals surface area contributed by atoms with Crippen LogP contribution in [0.4, 0.5) is 0 Å². The first-order chi connectivity index (χ1) is 9.10. The van der Waals surface area contributed by atoms with E-state index in [0.29, 0.717) is 24.9 Å². The Hall–Kier alpha value is -1.24. The van der Waals surface area contributed by atoms with Crippen LogP contribution in [0.5, 0.6) is 0 Å². The number of aromatic nitrogens is 2. The molecule has 19 heavy (non-hydrogen) atoms. The Labute approximate surface area is 117 Å². The van der Waals surface area contributed by atoms with Gasteiger partial charge < -0.3 is 14.6 Å². The summed E-state index contributed by atoms with van der Waals surface area (Å²) < 4.78 is 9.99. The van der Waals surface area contributed by atoms with E-state index in [1.807, 2.05) is 11.3 Å². The number of hydrogen-bond acceptors (Lipinski definition) is 6. The molecule has 0 aliphatic carbocycles. The summed E-state index contributed by atoms with van der Waals surface area (Å²) in [7, 11) is 1.60. The first-order valence-corrected chi connectivity index (χ1v) is 7.02. The maximum Gasteiger partial charge on any atom is 0.252 e. The number of aryl methyl sites for hydroxylation is 2. The zero-order valence-corrected chi connectivity index (χ0v) is 12.5. The molecule has 0 aliphatic rings. The number of methoxy groups -OCH3 is 1. The van der Waals surface area contributed by atoms with E-state index < -0.39 is 0 Å². The average Bonchev–Trinajstić information content (AvgIpc) is 2.93.